The molecule has 0 aliphatic carbocycles. The minimum atomic E-state index is 0.146. The third-order valence-electron chi connectivity index (χ3n) is 4.82. The van der Waals surface area contributed by atoms with Crippen molar-refractivity contribution in [3.63, 3.8) is 0 Å². The second-order valence-electron chi connectivity index (χ2n) is 7.00. The fourth-order valence-corrected chi connectivity index (χ4v) is 3.26. The monoisotopic (exact) mass is 378 g/mol. The van der Waals surface area contributed by atoms with E-state index >= 15 is 0 Å². The molecule has 0 radical (unpaired) electrons. The average Bonchev–Trinajstić information content (AvgIpc) is 2.67. The Morgan fingerprint density at radius 1 is 1.30 bits per heavy atom. The highest BCUT2D eigenvalue weighted by molar-refractivity contribution is 5.79. The van der Waals surface area contributed by atoms with Gasteiger partial charge in [-0.05, 0) is 18.9 Å². The van der Waals surface area contributed by atoms with Gasteiger partial charge in [0.1, 0.15) is 0 Å². The van der Waals surface area contributed by atoms with Crippen LogP contribution in [0, 0.1) is 5.92 Å². The summed E-state index contributed by atoms with van der Waals surface area (Å²) in [5.74, 6) is 1.89. The summed E-state index contributed by atoms with van der Waals surface area (Å²) in [5, 5.41) is 17.0. The molecule has 1 saturated heterocycles. The van der Waals surface area contributed by atoms with Gasteiger partial charge in [0.05, 0.1) is 26.9 Å². The number of hydrogen-bond donors (Lipinski definition) is 3. The summed E-state index contributed by atoms with van der Waals surface area (Å²) in [4.78, 5) is 7.12. The number of nitrogens with zero attached hydrogens (tertiary/aromatic N) is 2. The van der Waals surface area contributed by atoms with Crippen LogP contribution >= 0.6 is 0 Å². The maximum atomic E-state index is 10.2. The van der Waals surface area contributed by atoms with Crippen molar-refractivity contribution >= 4 is 5.96 Å². The Balaban J connectivity index is 2.02. The van der Waals surface area contributed by atoms with E-state index in [4.69, 9.17) is 9.47 Å². The number of morpholine rings is 1. The summed E-state index contributed by atoms with van der Waals surface area (Å²) < 4.78 is 10.6. The molecule has 2 rings (SSSR count). The lowest BCUT2D eigenvalue weighted by Gasteiger charge is -2.37. The van der Waals surface area contributed by atoms with E-state index in [0.717, 1.165) is 50.9 Å². The highest BCUT2D eigenvalue weighted by Crippen LogP contribution is 2.29. The van der Waals surface area contributed by atoms with Crippen LogP contribution in [0.5, 0.6) is 11.5 Å². The number of rotatable bonds is 8. The molecule has 1 aliphatic rings. The normalized spacial score (nSPS) is 17.0. The zero-order valence-corrected chi connectivity index (χ0v) is 17.0. The number of hydrogen-bond acceptors (Lipinski definition) is 5. The number of methoxy groups -OCH3 is 1. The van der Waals surface area contributed by atoms with Gasteiger partial charge in [-0.3, -0.25) is 4.90 Å². The van der Waals surface area contributed by atoms with Crippen molar-refractivity contribution in [3.05, 3.63) is 23.8 Å². The third-order valence-corrected chi connectivity index (χ3v) is 4.82. The molecule has 1 fully saturated rings. The van der Waals surface area contributed by atoms with Gasteiger partial charge >= 0.3 is 0 Å². The molecule has 0 spiro atoms. The average molecular weight is 379 g/mol. The molecule has 3 N–H and O–H groups in total. The van der Waals surface area contributed by atoms with Crippen molar-refractivity contribution in [2.75, 3.05) is 46.5 Å². The Bertz CT molecular complexity index is 601. The van der Waals surface area contributed by atoms with Gasteiger partial charge in [0.25, 0.3) is 0 Å². The zero-order chi connectivity index (χ0) is 19.6. The number of guanidine groups is 1. The SMILES string of the molecule is CCNC(=NCc1cccc(OC)c1O)NCC(C(C)C)N1CCOCC1. The fraction of sp³-hybridized carbons (Fsp3) is 0.650. The van der Waals surface area contributed by atoms with Crippen molar-refractivity contribution in [3.8, 4) is 11.5 Å². The summed E-state index contributed by atoms with van der Waals surface area (Å²) in [6.07, 6.45) is 0. The first-order valence-electron chi connectivity index (χ1n) is 9.75. The molecule has 1 aromatic carbocycles. The molecule has 1 heterocycles. The van der Waals surface area contributed by atoms with E-state index < -0.39 is 0 Å². The molecule has 1 unspecified atom stereocenters. The Morgan fingerprint density at radius 3 is 2.67 bits per heavy atom. The van der Waals surface area contributed by atoms with Crippen LogP contribution in [0.25, 0.3) is 0 Å². The lowest BCUT2D eigenvalue weighted by atomic mass is 10.0. The van der Waals surface area contributed by atoms with Crippen LogP contribution in [0.3, 0.4) is 0 Å². The second kappa shape index (κ2) is 11.0. The number of para-hydroxylation sites is 1. The minimum absolute atomic E-state index is 0.146. The lowest BCUT2D eigenvalue weighted by molar-refractivity contribution is 0.00752. The number of aromatic hydroxyl groups is 1. The smallest absolute Gasteiger partial charge is 0.191 e. The van der Waals surface area contributed by atoms with Gasteiger partial charge < -0.3 is 25.2 Å². The van der Waals surface area contributed by atoms with E-state index in [1.54, 1.807) is 13.2 Å². The topological polar surface area (TPSA) is 78.4 Å². The first-order valence-corrected chi connectivity index (χ1v) is 9.75. The van der Waals surface area contributed by atoms with Crippen LogP contribution in [0.1, 0.15) is 26.3 Å². The lowest BCUT2D eigenvalue weighted by Crippen LogP contribution is -2.52. The third kappa shape index (κ3) is 6.29. The van der Waals surface area contributed by atoms with Gasteiger partial charge in [-0.1, -0.05) is 26.0 Å². The van der Waals surface area contributed by atoms with Gasteiger partial charge in [-0.2, -0.15) is 0 Å². The van der Waals surface area contributed by atoms with Gasteiger partial charge in [0.15, 0.2) is 17.5 Å². The Labute approximate surface area is 162 Å². The largest absolute Gasteiger partial charge is 0.504 e. The molecule has 7 nitrogen and oxygen atoms in total. The van der Waals surface area contributed by atoms with E-state index in [1.165, 1.54) is 0 Å². The van der Waals surface area contributed by atoms with Crippen LogP contribution in [-0.4, -0.2) is 68.5 Å². The van der Waals surface area contributed by atoms with Crippen molar-refractivity contribution in [1.29, 1.82) is 0 Å². The van der Waals surface area contributed by atoms with Crippen LogP contribution in [0.15, 0.2) is 23.2 Å². The van der Waals surface area contributed by atoms with Gasteiger partial charge in [-0.25, -0.2) is 4.99 Å². The molecule has 1 aromatic rings. The second-order valence-corrected chi connectivity index (χ2v) is 7.00. The number of benzene rings is 1. The van der Waals surface area contributed by atoms with Crippen molar-refractivity contribution < 1.29 is 14.6 Å². The van der Waals surface area contributed by atoms with Crippen molar-refractivity contribution in [2.45, 2.75) is 33.4 Å². The van der Waals surface area contributed by atoms with Crippen LogP contribution in [0.4, 0.5) is 0 Å². The first-order chi connectivity index (χ1) is 13.1. The van der Waals surface area contributed by atoms with E-state index in [1.807, 2.05) is 19.1 Å². The van der Waals surface area contributed by atoms with Crippen LogP contribution in [-0.2, 0) is 11.3 Å². The molecule has 0 bridgehead atoms. The molecule has 152 valence electrons. The van der Waals surface area contributed by atoms with Crippen LogP contribution < -0.4 is 15.4 Å². The molecular formula is C20H34N4O3. The quantitative estimate of drug-likeness (QED) is 0.473. The number of phenolic OH excluding ortho intramolecular Hbond substituents is 1. The van der Waals surface area contributed by atoms with E-state index in [2.05, 4.69) is 34.4 Å². The first kappa shape index (κ1) is 21.3. The van der Waals surface area contributed by atoms with E-state index in [0.29, 0.717) is 24.3 Å². The Hall–Kier alpha value is -1.99. The van der Waals surface area contributed by atoms with Gasteiger partial charge in [0, 0.05) is 37.8 Å². The summed E-state index contributed by atoms with van der Waals surface area (Å²) >= 11 is 0. The molecular weight excluding hydrogens is 344 g/mol. The Kier molecular flexibility index (Phi) is 8.67. The zero-order valence-electron chi connectivity index (χ0n) is 17.0. The fourth-order valence-electron chi connectivity index (χ4n) is 3.26. The van der Waals surface area contributed by atoms with Crippen molar-refractivity contribution in [1.82, 2.24) is 15.5 Å². The number of phenols is 1. The molecule has 1 atom stereocenters. The van der Waals surface area contributed by atoms with Crippen LogP contribution in [0.2, 0.25) is 0 Å². The van der Waals surface area contributed by atoms with Gasteiger partial charge in [0.2, 0.25) is 0 Å². The minimum Gasteiger partial charge on any atom is -0.504 e. The van der Waals surface area contributed by atoms with Gasteiger partial charge in [-0.15, -0.1) is 0 Å². The molecule has 0 saturated carbocycles. The summed E-state index contributed by atoms with van der Waals surface area (Å²) in [6, 6.07) is 5.87. The maximum absolute atomic E-state index is 10.2. The Morgan fingerprint density at radius 2 is 2.04 bits per heavy atom. The molecule has 27 heavy (non-hydrogen) atoms. The van der Waals surface area contributed by atoms with Crippen molar-refractivity contribution in [2.24, 2.45) is 10.9 Å². The maximum Gasteiger partial charge on any atom is 0.191 e. The number of nitrogens with one attached hydrogen (secondary N) is 2. The summed E-state index contributed by atoms with van der Waals surface area (Å²) in [6.45, 7) is 12.0. The number of aliphatic imine (C=N–C) groups is 1. The standard InChI is InChI=1S/C20H34N4O3/c1-5-21-20(22-13-16-7-6-8-18(26-4)19(16)25)23-14-17(15(2)3)24-9-11-27-12-10-24/h6-8,15,17,25H,5,9-14H2,1-4H3,(H2,21,22,23). The number of ether oxygens (including phenoxy) is 2. The molecule has 1 aliphatic heterocycles. The highest BCUT2D eigenvalue weighted by atomic mass is 16.5. The van der Waals surface area contributed by atoms with E-state index in [-0.39, 0.29) is 5.75 Å². The molecule has 0 amide bonds. The highest BCUT2D eigenvalue weighted by Gasteiger charge is 2.23. The summed E-state index contributed by atoms with van der Waals surface area (Å²) in [5.41, 5.74) is 0.736. The predicted octanol–water partition coefficient (Wildman–Crippen LogP) is 1.81. The summed E-state index contributed by atoms with van der Waals surface area (Å²) in [7, 11) is 1.55. The molecule has 0 aromatic heterocycles. The predicted molar refractivity (Wildman–Crippen MR) is 108 cm³/mol. The van der Waals surface area contributed by atoms with E-state index in [9.17, 15) is 5.11 Å². The molecule has 7 heteroatoms.